The minimum Gasteiger partial charge on any atom is -0.257 e. The average molecular weight is 296 g/mol. The second kappa shape index (κ2) is 4.65. The largest absolute Gasteiger partial charge is 0.257 e. The van der Waals surface area contributed by atoms with Gasteiger partial charge in [0.1, 0.15) is 0 Å². The topological polar surface area (TPSA) is 49.4 Å². The Hall–Kier alpha value is -1.69. The second-order valence-electron chi connectivity index (χ2n) is 6.83. The van der Waals surface area contributed by atoms with E-state index in [1.165, 1.54) is 25.7 Å². The molecule has 0 amide bonds. The van der Waals surface area contributed by atoms with Gasteiger partial charge in [-0.3, -0.25) is 9.82 Å². The van der Waals surface area contributed by atoms with Crippen LogP contribution < -0.4 is 16.1 Å². The van der Waals surface area contributed by atoms with Crippen molar-refractivity contribution in [3.8, 4) is 0 Å². The minimum absolute atomic E-state index is 0.217. The van der Waals surface area contributed by atoms with E-state index in [-0.39, 0.29) is 5.72 Å². The van der Waals surface area contributed by atoms with Gasteiger partial charge in [-0.1, -0.05) is 11.7 Å². The SMILES string of the molecule is c1cnc2ccc(N3NO[C@@]4(CC5CCC4CC5)N3)cc2c1. The molecular weight excluding hydrogens is 276 g/mol. The van der Waals surface area contributed by atoms with Crippen LogP contribution in [0, 0.1) is 11.8 Å². The zero-order valence-electron chi connectivity index (χ0n) is 12.5. The summed E-state index contributed by atoms with van der Waals surface area (Å²) in [4.78, 5) is 10.4. The smallest absolute Gasteiger partial charge is 0.163 e. The van der Waals surface area contributed by atoms with Gasteiger partial charge in [0, 0.05) is 17.5 Å². The Kier molecular flexibility index (Phi) is 2.71. The highest BCUT2D eigenvalue weighted by Gasteiger charge is 2.53. The van der Waals surface area contributed by atoms with Crippen molar-refractivity contribution >= 4 is 16.6 Å². The highest BCUT2D eigenvalue weighted by molar-refractivity contribution is 5.82. The van der Waals surface area contributed by atoms with Crippen LogP contribution in [0.3, 0.4) is 0 Å². The van der Waals surface area contributed by atoms with Crippen molar-refractivity contribution in [1.29, 1.82) is 0 Å². The van der Waals surface area contributed by atoms with Crippen molar-refractivity contribution in [2.75, 3.05) is 5.12 Å². The molecule has 1 aliphatic heterocycles. The molecule has 1 atom stereocenters. The summed E-state index contributed by atoms with van der Waals surface area (Å²) in [7, 11) is 0. The predicted molar refractivity (Wildman–Crippen MR) is 84.4 cm³/mol. The van der Waals surface area contributed by atoms with Crippen LogP contribution >= 0.6 is 0 Å². The van der Waals surface area contributed by atoms with Crippen LogP contribution in [-0.2, 0) is 4.84 Å². The quantitative estimate of drug-likeness (QED) is 0.847. The van der Waals surface area contributed by atoms with Gasteiger partial charge in [0.25, 0.3) is 0 Å². The first-order valence-electron chi connectivity index (χ1n) is 8.19. The first-order chi connectivity index (χ1) is 10.8. The van der Waals surface area contributed by atoms with E-state index in [0.717, 1.165) is 28.9 Å². The summed E-state index contributed by atoms with van der Waals surface area (Å²) in [5.74, 6) is 1.41. The van der Waals surface area contributed by atoms with Crippen LogP contribution in [0.2, 0.25) is 0 Å². The van der Waals surface area contributed by atoms with Crippen molar-refractivity contribution in [2.24, 2.45) is 11.8 Å². The molecule has 5 heteroatoms. The number of hydrogen-bond donors (Lipinski definition) is 2. The summed E-state index contributed by atoms with van der Waals surface area (Å²) in [6.07, 6.45) is 8.20. The standard InChI is InChI=1S/C17H20N4O/c1-2-13-10-15(7-8-16(13)18-9-1)21-19-17(22-20-21)11-12-3-5-14(17)6-4-12/h1-2,7-10,12,14,19-20H,3-6,11H2/t12?,14?,17-/m1/s1. The van der Waals surface area contributed by atoms with Gasteiger partial charge in [0.2, 0.25) is 0 Å². The number of hydrogen-bond acceptors (Lipinski definition) is 5. The van der Waals surface area contributed by atoms with Crippen LogP contribution in [-0.4, -0.2) is 10.7 Å². The van der Waals surface area contributed by atoms with Crippen molar-refractivity contribution < 1.29 is 4.84 Å². The van der Waals surface area contributed by atoms with Crippen molar-refractivity contribution in [3.05, 3.63) is 36.5 Å². The fourth-order valence-electron chi connectivity index (χ4n) is 4.37. The lowest BCUT2D eigenvalue weighted by atomic mass is 9.66. The molecule has 1 saturated heterocycles. The molecule has 2 N–H and O–H groups in total. The van der Waals surface area contributed by atoms with Crippen molar-refractivity contribution in [3.63, 3.8) is 0 Å². The van der Waals surface area contributed by atoms with E-state index in [1.807, 2.05) is 23.4 Å². The third-order valence-electron chi connectivity index (χ3n) is 5.56. The molecule has 6 rings (SSSR count). The number of aromatic nitrogens is 1. The minimum atomic E-state index is -0.217. The number of pyridine rings is 1. The zero-order valence-corrected chi connectivity index (χ0v) is 12.5. The maximum absolute atomic E-state index is 6.04. The monoisotopic (exact) mass is 296 g/mol. The number of rotatable bonds is 1. The molecule has 1 aromatic heterocycles. The maximum Gasteiger partial charge on any atom is 0.163 e. The Morgan fingerprint density at radius 1 is 1.18 bits per heavy atom. The Morgan fingerprint density at radius 2 is 2.09 bits per heavy atom. The van der Waals surface area contributed by atoms with E-state index >= 15 is 0 Å². The van der Waals surface area contributed by atoms with Gasteiger partial charge in [0.05, 0.1) is 11.2 Å². The fourth-order valence-corrected chi connectivity index (χ4v) is 4.37. The van der Waals surface area contributed by atoms with E-state index in [1.54, 1.807) is 0 Å². The Balaban J connectivity index is 1.44. The lowest BCUT2D eigenvalue weighted by molar-refractivity contribution is -0.153. The normalized spacial score (nSPS) is 33.9. The van der Waals surface area contributed by atoms with Crippen molar-refractivity contribution in [2.45, 2.75) is 37.8 Å². The molecule has 2 aromatic rings. The van der Waals surface area contributed by atoms with E-state index in [4.69, 9.17) is 4.84 Å². The van der Waals surface area contributed by atoms with Gasteiger partial charge in [-0.2, -0.15) is 5.43 Å². The summed E-state index contributed by atoms with van der Waals surface area (Å²) >= 11 is 0. The Bertz CT molecular complexity index is 713. The van der Waals surface area contributed by atoms with E-state index in [0.29, 0.717) is 5.92 Å². The number of anilines is 1. The summed E-state index contributed by atoms with van der Waals surface area (Å²) in [6, 6.07) is 10.3. The van der Waals surface area contributed by atoms with E-state index in [9.17, 15) is 0 Å². The Morgan fingerprint density at radius 3 is 2.91 bits per heavy atom. The molecule has 114 valence electrons. The van der Waals surface area contributed by atoms with Gasteiger partial charge >= 0.3 is 0 Å². The molecule has 1 aromatic carbocycles. The first-order valence-corrected chi connectivity index (χ1v) is 8.19. The molecule has 2 bridgehead atoms. The van der Waals surface area contributed by atoms with Crippen LogP contribution in [0.15, 0.2) is 36.5 Å². The van der Waals surface area contributed by atoms with E-state index < -0.39 is 0 Å². The molecule has 4 aliphatic rings. The number of fused-ring (bicyclic) bond motifs is 3. The van der Waals surface area contributed by atoms with Gasteiger partial charge in [-0.25, -0.2) is 5.12 Å². The van der Waals surface area contributed by atoms with Gasteiger partial charge < -0.3 is 0 Å². The van der Waals surface area contributed by atoms with E-state index in [2.05, 4.69) is 34.2 Å². The maximum atomic E-state index is 6.04. The molecule has 2 heterocycles. The highest BCUT2D eigenvalue weighted by Crippen LogP contribution is 2.49. The molecule has 0 radical (unpaired) electrons. The molecule has 3 saturated carbocycles. The lowest BCUT2D eigenvalue weighted by Crippen LogP contribution is -2.57. The Labute approximate surface area is 129 Å². The molecule has 3 aliphatic carbocycles. The highest BCUT2D eigenvalue weighted by atomic mass is 16.7. The number of hydrazine groups is 2. The van der Waals surface area contributed by atoms with Gasteiger partial charge in [0.15, 0.2) is 5.72 Å². The third kappa shape index (κ3) is 1.86. The molecule has 22 heavy (non-hydrogen) atoms. The molecule has 0 unspecified atom stereocenters. The van der Waals surface area contributed by atoms with Gasteiger partial charge in [-0.05, 0) is 62.3 Å². The summed E-state index contributed by atoms with van der Waals surface area (Å²) in [6.45, 7) is 0. The van der Waals surface area contributed by atoms with Crippen LogP contribution in [0.1, 0.15) is 32.1 Å². The number of nitrogens with one attached hydrogen (secondary N) is 2. The first kappa shape index (κ1) is 12.8. The third-order valence-corrected chi connectivity index (χ3v) is 5.56. The van der Waals surface area contributed by atoms with Crippen molar-refractivity contribution in [1.82, 2.24) is 16.0 Å². The molecular formula is C17H20N4O. The average Bonchev–Trinajstić information content (AvgIpc) is 2.99. The number of benzene rings is 1. The molecule has 5 nitrogen and oxygen atoms in total. The molecule has 1 spiro atoms. The zero-order chi connectivity index (χ0) is 14.6. The second-order valence-corrected chi connectivity index (χ2v) is 6.83. The predicted octanol–water partition coefficient (Wildman–Crippen LogP) is 2.90. The van der Waals surface area contributed by atoms with Crippen LogP contribution in [0.25, 0.3) is 10.9 Å². The summed E-state index contributed by atoms with van der Waals surface area (Å²) in [5.41, 5.74) is 8.53. The summed E-state index contributed by atoms with van der Waals surface area (Å²) in [5, 5.41) is 3.06. The lowest BCUT2D eigenvalue weighted by Gasteiger charge is -2.47. The van der Waals surface area contributed by atoms with Gasteiger partial charge in [-0.15, -0.1) is 0 Å². The summed E-state index contributed by atoms with van der Waals surface area (Å²) < 4.78 is 0. The fraction of sp³-hybridized carbons (Fsp3) is 0.471. The van der Waals surface area contributed by atoms with Crippen LogP contribution in [0.5, 0.6) is 0 Å². The number of nitrogens with zero attached hydrogens (tertiary/aromatic N) is 2. The molecule has 4 fully saturated rings. The van der Waals surface area contributed by atoms with Crippen LogP contribution in [0.4, 0.5) is 5.69 Å².